The highest BCUT2D eigenvalue weighted by Crippen LogP contribution is 2.60. The molecule has 3 aliphatic rings. The second-order valence-electron chi connectivity index (χ2n) is 10.4. The average molecular weight is 632 g/mol. The third kappa shape index (κ3) is 4.76. The number of likely N-dealkylation sites (tertiary alicyclic amines) is 1. The Bertz CT molecular complexity index is 1280. The average Bonchev–Trinajstić information content (AvgIpc) is 3.54. The zero-order valence-electron chi connectivity index (χ0n) is 22.1. The lowest BCUT2D eigenvalue weighted by Crippen LogP contribution is -2.59. The van der Waals surface area contributed by atoms with E-state index in [1.165, 1.54) is 4.90 Å². The van der Waals surface area contributed by atoms with Crippen LogP contribution >= 0.6 is 27.5 Å². The van der Waals surface area contributed by atoms with Crippen LogP contribution < -0.4 is 4.90 Å². The first-order chi connectivity index (χ1) is 19.3. The summed E-state index contributed by atoms with van der Waals surface area (Å²) in [5.41, 5.74) is 0.205. The molecule has 2 aromatic carbocycles. The predicted molar refractivity (Wildman–Crippen MR) is 154 cm³/mol. The van der Waals surface area contributed by atoms with Gasteiger partial charge in [0.05, 0.1) is 37.2 Å². The topological polar surface area (TPSA) is 96.4 Å². The molecule has 0 saturated carbocycles. The predicted octanol–water partition coefficient (Wildman–Crippen LogP) is 3.77. The van der Waals surface area contributed by atoms with E-state index in [-0.39, 0.29) is 36.4 Å². The van der Waals surface area contributed by atoms with Gasteiger partial charge in [0.15, 0.2) is 0 Å². The molecule has 8 nitrogen and oxygen atoms in total. The van der Waals surface area contributed by atoms with Gasteiger partial charge in [-0.15, -0.1) is 6.58 Å². The number of halogens is 2. The van der Waals surface area contributed by atoms with E-state index >= 15 is 0 Å². The monoisotopic (exact) mass is 630 g/mol. The molecule has 5 rings (SSSR count). The van der Waals surface area contributed by atoms with Gasteiger partial charge in [0, 0.05) is 22.1 Å². The van der Waals surface area contributed by atoms with Crippen molar-refractivity contribution in [3.05, 3.63) is 77.8 Å². The van der Waals surface area contributed by atoms with Crippen molar-refractivity contribution in [3.63, 3.8) is 0 Å². The summed E-state index contributed by atoms with van der Waals surface area (Å²) in [6.07, 6.45) is 1.67. The molecule has 3 fully saturated rings. The molecule has 3 saturated heterocycles. The summed E-state index contributed by atoms with van der Waals surface area (Å²) < 4.78 is 11.9. The van der Waals surface area contributed by atoms with Crippen molar-refractivity contribution in [1.29, 1.82) is 0 Å². The van der Waals surface area contributed by atoms with E-state index < -0.39 is 41.6 Å². The second kappa shape index (κ2) is 11.6. The van der Waals surface area contributed by atoms with Crippen LogP contribution in [-0.2, 0) is 30.3 Å². The fraction of sp³-hybridized carbons (Fsp3) is 0.433. The number of hydrogen-bond donors (Lipinski definition) is 1. The number of carbonyl (C=O) groups is 3. The van der Waals surface area contributed by atoms with E-state index in [0.717, 1.165) is 5.56 Å². The van der Waals surface area contributed by atoms with Gasteiger partial charge in [-0.2, -0.15) is 0 Å². The third-order valence-corrected chi connectivity index (χ3v) is 9.25. The maximum atomic E-state index is 14.6. The standard InChI is InChI=1S/C30H32BrClN2O6/c1-3-14-33(20-12-10-19(32)11-13-20)28(37)26-30-16-22(31)25(40-30)23(29(38)39-4-2)24(30)27(36)34(26)21(17-35)15-18-8-6-5-7-9-18/h3,5-13,21-26,35H,1,4,14-17H2,2H3/t21-,22?,23-,24+,25-,26-,30+/m1/s1. The summed E-state index contributed by atoms with van der Waals surface area (Å²) in [4.78, 5) is 45.0. The van der Waals surface area contributed by atoms with Gasteiger partial charge in [-0.1, -0.05) is 63.9 Å². The number of esters is 1. The van der Waals surface area contributed by atoms with E-state index in [9.17, 15) is 19.5 Å². The number of benzene rings is 2. The first kappa shape index (κ1) is 28.8. The van der Waals surface area contributed by atoms with Gasteiger partial charge in [-0.25, -0.2) is 0 Å². The number of carbonyl (C=O) groups excluding carboxylic acids is 3. The Morgan fingerprint density at radius 3 is 2.60 bits per heavy atom. The molecule has 3 heterocycles. The molecule has 2 aromatic rings. The number of nitrogens with zero attached hydrogens (tertiary/aromatic N) is 2. The summed E-state index contributed by atoms with van der Waals surface area (Å²) in [6.45, 7) is 5.50. The maximum Gasteiger partial charge on any atom is 0.312 e. The second-order valence-corrected chi connectivity index (χ2v) is 12.0. The van der Waals surface area contributed by atoms with Crippen molar-refractivity contribution in [3.8, 4) is 0 Å². The molecule has 2 bridgehead atoms. The Morgan fingerprint density at radius 1 is 1.27 bits per heavy atom. The summed E-state index contributed by atoms with van der Waals surface area (Å²) in [7, 11) is 0. The third-order valence-electron chi connectivity index (χ3n) is 8.15. The van der Waals surface area contributed by atoms with Crippen LogP contribution in [0.5, 0.6) is 0 Å². The number of fused-ring (bicyclic) bond motifs is 1. The molecule has 0 aromatic heterocycles. The molecular weight excluding hydrogens is 600 g/mol. The van der Waals surface area contributed by atoms with Crippen molar-refractivity contribution >= 4 is 51.0 Å². The van der Waals surface area contributed by atoms with Crippen LogP contribution in [-0.4, -0.2) is 76.2 Å². The highest BCUT2D eigenvalue weighted by Gasteiger charge is 2.77. The van der Waals surface area contributed by atoms with E-state index in [1.54, 1.807) is 42.2 Å². The number of ether oxygens (including phenoxy) is 2. The number of anilines is 1. The number of hydrogen-bond acceptors (Lipinski definition) is 6. The lowest BCUT2D eigenvalue weighted by Gasteiger charge is -2.39. The number of amides is 2. The molecule has 1 N–H and O–H groups in total. The lowest BCUT2D eigenvalue weighted by molar-refractivity contribution is -0.155. The SMILES string of the molecule is C=CCN(C(=O)[C@H]1N([C@@H](CO)Cc2ccccc2)C(=O)[C@@H]2[C@@H](C(=O)OCC)[C@@H]3O[C@@]21CC3Br)c1ccc(Cl)cc1. The van der Waals surface area contributed by atoms with Crippen LogP contribution in [0.25, 0.3) is 0 Å². The lowest BCUT2D eigenvalue weighted by atomic mass is 9.70. The molecular formula is C30H32BrClN2O6. The molecule has 2 amide bonds. The van der Waals surface area contributed by atoms with E-state index in [1.807, 2.05) is 30.3 Å². The Morgan fingerprint density at radius 2 is 1.98 bits per heavy atom. The fourth-order valence-corrected chi connectivity index (χ4v) is 7.67. The van der Waals surface area contributed by atoms with Gasteiger partial charge < -0.3 is 24.4 Å². The van der Waals surface area contributed by atoms with Gasteiger partial charge in [-0.05, 0) is 49.6 Å². The Balaban J connectivity index is 1.62. The first-order valence-electron chi connectivity index (χ1n) is 13.4. The highest BCUT2D eigenvalue weighted by atomic mass is 79.9. The zero-order chi connectivity index (χ0) is 28.6. The number of aliphatic hydroxyl groups excluding tert-OH is 1. The number of alkyl halides is 1. The van der Waals surface area contributed by atoms with Gasteiger partial charge in [0.25, 0.3) is 5.91 Å². The minimum Gasteiger partial charge on any atom is -0.466 e. The normalized spacial score (nSPS) is 29.2. The largest absolute Gasteiger partial charge is 0.466 e. The smallest absolute Gasteiger partial charge is 0.312 e. The van der Waals surface area contributed by atoms with Crippen molar-refractivity contribution in [2.45, 2.75) is 48.4 Å². The van der Waals surface area contributed by atoms with E-state index in [0.29, 0.717) is 23.6 Å². The molecule has 0 aliphatic carbocycles. The summed E-state index contributed by atoms with van der Waals surface area (Å²) in [5, 5.41) is 11.1. The van der Waals surface area contributed by atoms with Crippen LogP contribution in [0.3, 0.4) is 0 Å². The molecule has 1 spiro atoms. The molecule has 212 valence electrons. The van der Waals surface area contributed by atoms with E-state index in [4.69, 9.17) is 21.1 Å². The molecule has 0 radical (unpaired) electrons. The Kier molecular flexibility index (Phi) is 8.38. The molecule has 7 atom stereocenters. The van der Waals surface area contributed by atoms with Gasteiger partial charge in [0.2, 0.25) is 5.91 Å². The van der Waals surface area contributed by atoms with Crippen LogP contribution in [0.4, 0.5) is 5.69 Å². The maximum absolute atomic E-state index is 14.6. The number of aliphatic hydroxyl groups is 1. The minimum absolute atomic E-state index is 0.159. The van der Waals surface area contributed by atoms with Crippen molar-refractivity contribution < 1.29 is 29.0 Å². The minimum atomic E-state index is -1.28. The summed E-state index contributed by atoms with van der Waals surface area (Å²) >= 11 is 9.78. The van der Waals surface area contributed by atoms with Crippen molar-refractivity contribution in [2.75, 3.05) is 24.7 Å². The Labute approximate surface area is 247 Å². The van der Waals surface area contributed by atoms with E-state index in [2.05, 4.69) is 22.5 Å². The molecule has 10 heteroatoms. The van der Waals surface area contributed by atoms with Crippen LogP contribution in [0, 0.1) is 11.8 Å². The van der Waals surface area contributed by atoms with Gasteiger partial charge in [0.1, 0.15) is 11.6 Å². The first-order valence-corrected chi connectivity index (χ1v) is 14.7. The molecule has 3 aliphatic heterocycles. The van der Waals surface area contributed by atoms with Gasteiger partial charge in [-0.3, -0.25) is 14.4 Å². The van der Waals surface area contributed by atoms with Crippen molar-refractivity contribution in [2.24, 2.45) is 11.8 Å². The quantitative estimate of drug-likeness (QED) is 0.244. The summed E-state index contributed by atoms with van der Waals surface area (Å²) in [6, 6.07) is 14.5. The van der Waals surface area contributed by atoms with Crippen LogP contribution in [0.1, 0.15) is 18.9 Å². The molecule has 40 heavy (non-hydrogen) atoms. The Hall–Kier alpha value is -2.72. The van der Waals surface area contributed by atoms with Crippen molar-refractivity contribution in [1.82, 2.24) is 4.90 Å². The fourth-order valence-electron chi connectivity index (χ4n) is 6.61. The number of rotatable bonds is 10. The van der Waals surface area contributed by atoms with Crippen LogP contribution in [0.15, 0.2) is 67.3 Å². The zero-order valence-corrected chi connectivity index (χ0v) is 24.5. The highest BCUT2D eigenvalue weighted by molar-refractivity contribution is 9.09. The molecule has 1 unspecified atom stereocenters. The summed E-state index contributed by atoms with van der Waals surface area (Å²) in [5.74, 6) is -3.07. The van der Waals surface area contributed by atoms with Crippen LogP contribution in [0.2, 0.25) is 5.02 Å². The van der Waals surface area contributed by atoms with Gasteiger partial charge >= 0.3 is 5.97 Å².